The minimum atomic E-state index is -4.69. The highest BCUT2D eigenvalue weighted by atomic mass is 19.4. The number of halogens is 3. The molecule has 0 amide bonds. The normalized spacial score (nSPS) is 11.3. The van der Waals surface area contributed by atoms with Crippen LogP contribution in [0.3, 0.4) is 0 Å². The molecular weight excluding hydrogens is 235 g/mol. The molecule has 1 heterocycles. The third kappa shape index (κ3) is 3.37. The lowest BCUT2D eigenvalue weighted by molar-refractivity contribution is -0.141. The molecule has 0 unspecified atom stereocenters. The average molecular weight is 245 g/mol. The predicted octanol–water partition coefficient (Wildman–Crippen LogP) is 2.65. The first-order valence-corrected chi connectivity index (χ1v) is 4.93. The summed E-state index contributed by atoms with van der Waals surface area (Å²) in [6.45, 7) is 1.55. The number of Topliss-reactive ketones (excluding diaryl/α,β-unsaturated/α-hetero) is 2. The van der Waals surface area contributed by atoms with Crippen molar-refractivity contribution in [3.05, 3.63) is 29.6 Å². The monoisotopic (exact) mass is 245 g/mol. The summed E-state index contributed by atoms with van der Waals surface area (Å²) < 4.78 is 37.6. The number of carbonyl (C=O) groups is 2. The van der Waals surface area contributed by atoms with Crippen LogP contribution in [0.15, 0.2) is 18.3 Å². The number of carbonyl (C=O) groups excluding carboxylic acids is 2. The summed E-state index contributed by atoms with van der Waals surface area (Å²) in [4.78, 5) is 25.7. The number of hydrogen-bond donors (Lipinski definition) is 0. The average Bonchev–Trinajstić information content (AvgIpc) is 2.27. The third-order valence-electron chi connectivity index (χ3n) is 2.13. The molecule has 0 fully saturated rings. The van der Waals surface area contributed by atoms with Gasteiger partial charge in [-0.1, -0.05) is 6.92 Å². The highest BCUT2D eigenvalue weighted by Crippen LogP contribution is 2.30. The van der Waals surface area contributed by atoms with Crippen LogP contribution in [-0.2, 0) is 11.0 Å². The van der Waals surface area contributed by atoms with Gasteiger partial charge >= 0.3 is 6.18 Å². The molecule has 92 valence electrons. The lowest BCUT2D eigenvalue weighted by Gasteiger charge is -2.09. The van der Waals surface area contributed by atoms with Gasteiger partial charge in [-0.25, -0.2) is 0 Å². The van der Waals surface area contributed by atoms with Gasteiger partial charge in [-0.2, -0.15) is 13.2 Å². The lowest BCUT2D eigenvalue weighted by atomic mass is 10.0. The van der Waals surface area contributed by atoms with E-state index in [-0.39, 0.29) is 6.42 Å². The SMILES string of the molecule is CCC(=O)CC(=O)c1cccnc1C(F)(F)F. The molecule has 17 heavy (non-hydrogen) atoms. The minimum absolute atomic E-state index is 0.118. The molecule has 0 aromatic carbocycles. The maximum Gasteiger partial charge on any atom is 0.434 e. The number of hydrogen-bond acceptors (Lipinski definition) is 3. The van der Waals surface area contributed by atoms with Crippen LogP contribution >= 0.6 is 0 Å². The van der Waals surface area contributed by atoms with E-state index in [1.165, 1.54) is 6.07 Å². The Hall–Kier alpha value is -1.72. The summed E-state index contributed by atoms with van der Waals surface area (Å²) in [7, 11) is 0. The zero-order chi connectivity index (χ0) is 13.1. The Balaban J connectivity index is 3.06. The second-order valence-electron chi connectivity index (χ2n) is 3.39. The Bertz CT molecular complexity index is 441. The van der Waals surface area contributed by atoms with Crippen LogP contribution in [0.25, 0.3) is 0 Å². The smallest absolute Gasteiger partial charge is 0.299 e. The molecular formula is C11H10F3NO2. The van der Waals surface area contributed by atoms with Crippen molar-refractivity contribution in [2.45, 2.75) is 25.9 Å². The van der Waals surface area contributed by atoms with Crippen LogP contribution in [0.1, 0.15) is 35.8 Å². The predicted molar refractivity (Wildman–Crippen MR) is 53.5 cm³/mol. The van der Waals surface area contributed by atoms with Gasteiger partial charge in [-0.05, 0) is 12.1 Å². The van der Waals surface area contributed by atoms with E-state index in [1.807, 2.05) is 0 Å². The molecule has 0 N–H and O–H groups in total. The van der Waals surface area contributed by atoms with Gasteiger partial charge in [0.05, 0.1) is 6.42 Å². The number of rotatable bonds is 4. The van der Waals surface area contributed by atoms with Gasteiger partial charge in [0.2, 0.25) is 0 Å². The Morgan fingerprint density at radius 1 is 1.35 bits per heavy atom. The first-order valence-electron chi connectivity index (χ1n) is 4.93. The molecule has 6 heteroatoms. The fourth-order valence-electron chi connectivity index (χ4n) is 1.26. The highest BCUT2D eigenvalue weighted by Gasteiger charge is 2.36. The van der Waals surface area contributed by atoms with Crippen LogP contribution in [-0.4, -0.2) is 16.6 Å². The van der Waals surface area contributed by atoms with Gasteiger partial charge < -0.3 is 0 Å². The van der Waals surface area contributed by atoms with Crippen molar-refractivity contribution in [1.29, 1.82) is 0 Å². The molecule has 0 atom stereocenters. The van der Waals surface area contributed by atoms with Crippen LogP contribution in [0.5, 0.6) is 0 Å². The molecule has 0 aliphatic carbocycles. The van der Waals surface area contributed by atoms with E-state index < -0.39 is 35.4 Å². The van der Waals surface area contributed by atoms with E-state index in [0.29, 0.717) is 0 Å². The Labute approximate surface area is 95.7 Å². The molecule has 0 aliphatic heterocycles. The van der Waals surface area contributed by atoms with E-state index in [2.05, 4.69) is 4.98 Å². The molecule has 1 aromatic rings. The number of alkyl halides is 3. The van der Waals surface area contributed by atoms with Crippen molar-refractivity contribution in [3.63, 3.8) is 0 Å². The van der Waals surface area contributed by atoms with E-state index in [1.54, 1.807) is 6.92 Å². The van der Waals surface area contributed by atoms with Crippen molar-refractivity contribution in [3.8, 4) is 0 Å². The van der Waals surface area contributed by atoms with Crippen molar-refractivity contribution in [1.82, 2.24) is 4.98 Å². The zero-order valence-electron chi connectivity index (χ0n) is 9.04. The minimum Gasteiger partial charge on any atom is -0.299 e. The maximum absolute atomic E-state index is 12.5. The first kappa shape index (κ1) is 13.3. The van der Waals surface area contributed by atoms with E-state index >= 15 is 0 Å². The topological polar surface area (TPSA) is 47.0 Å². The fraction of sp³-hybridized carbons (Fsp3) is 0.364. The molecule has 0 spiro atoms. The summed E-state index contributed by atoms with van der Waals surface area (Å²) in [6, 6.07) is 2.26. The highest BCUT2D eigenvalue weighted by molar-refractivity contribution is 6.08. The van der Waals surface area contributed by atoms with Gasteiger partial charge in [0, 0.05) is 18.2 Å². The molecule has 0 saturated carbocycles. The summed E-state index contributed by atoms with van der Waals surface area (Å²) in [6.07, 6.45) is -4.14. The fourth-order valence-corrected chi connectivity index (χ4v) is 1.26. The Morgan fingerprint density at radius 2 is 2.00 bits per heavy atom. The Morgan fingerprint density at radius 3 is 2.53 bits per heavy atom. The van der Waals surface area contributed by atoms with Gasteiger partial charge in [0.25, 0.3) is 0 Å². The van der Waals surface area contributed by atoms with Crippen LogP contribution < -0.4 is 0 Å². The molecule has 0 aliphatic rings. The summed E-state index contributed by atoms with van der Waals surface area (Å²) >= 11 is 0. The van der Waals surface area contributed by atoms with Crippen molar-refractivity contribution in [2.75, 3.05) is 0 Å². The van der Waals surface area contributed by atoms with Crippen molar-refractivity contribution < 1.29 is 22.8 Å². The number of nitrogens with zero attached hydrogens (tertiary/aromatic N) is 1. The van der Waals surface area contributed by atoms with Gasteiger partial charge in [-0.3, -0.25) is 14.6 Å². The van der Waals surface area contributed by atoms with Crippen LogP contribution in [0.4, 0.5) is 13.2 Å². The largest absolute Gasteiger partial charge is 0.434 e. The van der Waals surface area contributed by atoms with Crippen molar-refractivity contribution >= 4 is 11.6 Å². The van der Waals surface area contributed by atoms with Crippen LogP contribution in [0, 0.1) is 0 Å². The summed E-state index contributed by atoms with van der Waals surface area (Å²) in [5, 5.41) is 0. The zero-order valence-corrected chi connectivity index (χ0v) is 9.04. The summed E-state index contributed by atoms with van der Waals surface area (Å²) in [5.41, 5.74) is -1.80. The molecule has 3 nitrogen and oxygen atoms in total. The first-order chi connectivity index (χ1) is 7.86. The molecule has 1 rings (SSSR count). The lowest BCUT2D eigenvalue weighted by Crippen LogP contribution is -2.17. The molecule has 0 saturated heterocycles. The second-order valence-corrected chi connectivity index (χ2v) is 3.39. The van der Waals surface area contributed by atoms with Crippen LogP contribution in [0.2, 0.25) is 0 Å². The molecule has 0 bridgehead atoms. The van der Waals surface area contributed by atoms with Gasteiger partial charge in [0.1, 0.15) is 5.78 Å². The van der Waals surface area contributed by atoms with Crippen molar-refractivity contribution in [2.24, 2.45) is 0 Å². The van der Waals surface area contributed by atoms with E-state index in [0.717, 1.165) is 12.3 Å². The van der Waals surface area contributed by atoms with E-state index in [9.17, 15) is 22.8 Å². The van der Waals surface area contributed by atoms with E-state index in [4.69, 9.17) is 0 Å². The third-order valence-corrected chi connectivity index (χ3v) is 2.13. The molecule has 1 aromatic heterocycles. The van der Waals surface area contributed by atoms with Gasteiger partial charge in [-0.15, -0.1) is 0 Å². The number of aromatic nitrogens is 1. The Kier molecular flexibility index (Phi) is 3.98. The molecule has 0 radical (unpaired) electrons. The maximum atomic E-state index is 12.5. The standard InChI is InChI=1S/C11H10F3NO2/c1-2-7(16)6-9(17)8-4-3-5-15-10(8)11(12,13)14/h3-5H,2,6H2,1H3. The summed E-state index contributed by atoms with van der Waals surface area (Å²) in [5.74, 6) is -1.25. The number of ketones is 2. The quantitative estimate of drug-likeness (QED) is 0.605. The second kappa shape index (κ2) is 5.07. The number of pyridine rings is 1. The van der Waals surface area contributed by atoms with Gasteiger partial charge in [0.15, 0.2) is 11.5 Å².